The summed E-state index contributed by atoms with van der Waals surface area (Å²) in [4.78, 5) is 120. The average molecular weight is 1560 g/mol. The lowest BCUT2D eigenvalue weighted by molar-refractivity contribution is -0.373. The minimum Gasteiger partial charge on any atom is -0.459 e. The highest BCUT2D eigenvalue weighted by Gasteiger charge is 2.60. The van der Waals surface area contributed by atoms with Crippen molar-refractivity contribution in [3.63, 3.8) is 0 Å². The van der Waals surface area contributed by atoms with Crippen molar-refractivity contribution in [2.75, 3.05) is 33.0 Å². The molecule has 8 aromatic rings. The van der Waals surface area contributed by atoms with E-state index in [1.165, 1.54) is 84.9 Å². The predicted octanol–water partition coefficient (Wildman–Crippen LogP) is 11.5. The number of azide groups is 1. The fraction of sp³-hybridized carbons (Fsp3) is 0.300. The average Bonchev–Trinajstić information content (AvgIpc) is 0.756. The molecule has 0 spiro atoms. The molecule has 0 unspecified atom stereocenters. The van der Waals surface area contributed by atoms with Crippen molar-refractivity contribution in [1.82, 2.24) is 5.32 Å². The Kier molecular flexibility index (Phi) is 29.0. The second kappa shape index (κ2) is 39.7. The van der Waals surface area contributed by atoms with E-state index >= 15 is 14.4 Å². The van der Waals surface area contributed by atoms with Crippen LogP contribution >= 0.6 is 34.8 Å². The SMILES string of the molecule is CC(=O)O[C@H]1[C@H](OCc2ccccc2)[C@@H](NC(=O)C(Cl)(Cl)Cl)[C@H](O[C@H]2[C@@H](OC(=O)c3ccccc3)[C@@H](COC(=O)c3ccccc3)O[C@@H](O[C@H]3[C@H](OC(=O)c4ccccc4)[C@@H](OC(=O)c4ccccc4)[C@H](OCCN=[N+]=[N-])O[C@@H]3COC(=O)c3ccccc3)[C@@H]2OC(=O)c2ccccc2)O[C@@H]1COCc1ccccc1. The van der Waals surface area contributed by atoms with Gasteiger partial charge in [-0.2, -0.15) is 0 Å². The van der Waals surface area contributed by atoms with E-state index in [2.05, 4.69) is 15.3 Å². The number of halogens is 3. The molecule has 3 fully saturated rings. The first-order chi connectivity index (χ1) is 53.4. The number of hydrogen-bond acceptors (Lipinski definition) is 24. The van der Waals surface area contributed by atoms with E-state index in [-0.39, 0.29) is 53.1 Å². The Morgan fingerprint density at radius 2 is 0.755 bits per heavy atom. The summed E-state index contributed by atoms with van der Waals surface area (Å²) in [6.07, 6.45) is -27.0. The van der Waals surface area contributed by atoms with Gasteiger partial charge in [0.15, 0.2) is 49.4 Å². The van der Waals surface area contributed by atoms with Crippen LogP contribution in [0.3, 0.4) is 0 Å². The number of hydrogen-bond donors (Lipinski definition) is 1. The van der Waals surface area contributed by atoms with Gasteiger partial charge in [0, 0.05) is 18.4 Å². The highest BCUT2D eigenvalue weighted by Crippen LogP contribution is 2.40. The van der Waals surface area contributed by atoms with E-state index in [9.17, 15) is 29.5 Å². The summed E-state index contributed by atoms with van der Waals surface area (Å²) in [6.45, 7) is -2.15. The Morgan fingerprint density at radius 3 is 1.19 bits per heavy atom. The molecule has 15 atom stereocenters. The van der Waals surface area contributed by atoms with Crippen molar-refractivity contribution >= 4 is 82.5 Å². The number of carbonyl (C=O) groups excluding carboxylic acids is 8. The van der Waals surface area contributed by atoms with Gasteiger partial charge in [-0.1, -0.05) is 210 Å². The third-order valence-corrected chi connectivity index (χ3v) is 17.8. The van der Waals surface area contributed by atoms with Crippen molar-refractivity contribution in [1.29, 1.82) is 0 Å². The van der Waals surface area contributed by atoms with Crippen LogP contribution in [0.5, 0.6) is 0 Å². The third kappa shape index (κ3) is 22.1. The number of benzene rings is 8. The van der Waals surface area contributed by atoms with E-state index in [0.29, 0.717) is 11.1 Å². The summed E-state index contributed by atoms with van der Waals surface area (Å²) in [6, 6.07) is 61.4. The summed E-state index contributed by atoms with van der Waals surface area (Å²) in [5, 5.41) is 6.26. The van der Waals surface area contributed by atoms with E-state index in [1.54, 1.807) is 158 Å². The first kappa shape index (κ1) is 80.4. The smallest absolute Gasteiger partial charge is 0.338 e. The maximum atomic E-state index is 15.4. The van der Waals surface area contributed by atoms with Crippen LogP contribution < -0.4 is 5.32 Å². The van der Waals surface area contributed by atoms with E-state index < -0.39 is 170 Å². The molecule has 1 N–H and O–H groups in total. The molecule has 8 aromatic carbocycles. The van der Waals surface area contributed by atoms with Crippen LogP contribution in [-0.2, 0) is 93.9 Å². The Morgan fingerprint density at radius 1 is 0.400 bits per heavy atom. The Hall–Kier alpha value is -10.6. The maximum Gasteiger partial charge on any atom is 0.338 e. The van der Waals surface area contributed by atoms with Gasteiger partial charge in [-0.15, -0.1) is 0 Å². The van der Waals surface area contributed by atoms with Gasteiger partial charge in [-0.25, -0.2) is 28.8 Å². The number of carbonyl (C=O) groups is 8. The fourth-order valence-corrected chi connectivity index (χ4v) is 12.2. The van der Waals surface area contributed by atoms with Gasteiger partial charge in [-0.05, 0) is 89.5 Å². The van der Waals surface area contributed by atoms with Gasteiger partial charge in [-0.3, -0.25) is 9.59 Å². The highest BCUT2D eigenvalue weighted by molar-refractivity contribution is 6.76. The van der Waals surface area contributed by atoms with Crippen LogP contribution in [-0.4, -0.2) is 177 Å². The van der Waals surface area contributed by atoms with Gasteiger partial charge in [0.1, 0.15) is 55.9 Å². The normalized spacial score (nSPS) is 23.6. The highest BCUT2D eigenvalue weighted by atomic mass is 35.6. The lowest BCUT2D eigenvalue weighted by Crippen LogP contribution is -2.70. The van der Waals surface area contributed by atoms with Crippen molar-refractivity contribution in [3.8, 4) is 0 Å². The molecule has 30 heteroatoms. The van der Waals surface area contributed by atoms with Gasteiger partial charge in [0.05, 0.1) is 59.8 Å². The summed E-state index contributed by atoms with van der Waals surface area (Å²) in [5.41, 5.74) is 10.5. The number of rotatable bonds is 31. The summed E-state index contributed by atoms with van der Waals surface area (Å²) in [7, 11) is 0. The molecule has 0 aliphatic carbocycles. The number of nitrogens with zero attached hydrogens (tertiary/aromatic N) is 3. The van der Waals surface area contributed by atoms with Crippen LogP contribution in [0.1, 0.15) is 80.2 Å². The fourth-order valence-electron chi connectivity index (χ4n) is 12.1. The molecule has 572 valence electrons. The largest absolute Gasteiger partial charge is 0.459 e. The summed E-state index contributed by atoms with van der Waals surface area (Å²) in [5.74, 6) is -8.39. The van der Waals surface area contributed by atoms with Crippen LogP contribution in [0.15, 0.2) is 248 Å². The monoisotopic (exact) mass is 1560 g/mol. The van der Waals surface area contributed by atoms with Crippen LogP contribution in [0.25, 0.3) is 10.4 Å². The lowest BCUT2D eigenvalue weighted by atomic mass is 9.94. The molecular formula is C80H73Cl3N4O23. The van der Waals surface area contributed by atoms with Gasteiger partial charge >= 0.3 is 41.8 Å². The van der Waals surface area contributed by atoms with Crippen molar-refractivity contribution in [3.05, 3.63) is 298 Å². The van der Waals surface area contributed by atoms with E-state index in [4.69, 9.17) is 106 Å². The lowest BCUT2D eigenvalue weighted by Gasteiger charge is -2.51. The molecule has 1 amide bonds. The molecular weight excluding hydrogens is 1490 g/mol. The Balaban J connectivity index is 1.13. The van der Waals surface area contributed by atoms with Crippen LogP contribution in [0.4, 0.5) is 0 Å². The molecule has 3 aliphatic rings. The van der Waals surface area contributed by atoms with Gasteiger partial charge in [0.25, 0.3) is 9.70 Å². The Bertz CT molecular complexity index is 4400. The molecule has 3 heterocycles. The van der Waals surface area contributed by atoms with Crippen LogP contribution in [0.2, 0.25) is 0 Å². The molecule has 0 radical (unpaired) electrons. The number of alkyl halides is 3. The van der Waals surface area contributed by atoms with Gasteiger partial charge in [0.2, 0.25) is 0 Å². The topological polar surface area (TPSA) is 336 Å². The molecule has 0 saturated carbocycles. The zero-order valence-corrected chi connectivity index (χ0v) is 60.8. The zero-order chi connectivity index (χ0) is 77.4. The first-order valence-corrected chi connectivity index (χ1v) is 35.7. The number of amides is 1. The molecule has 11 rings (SSSR count). The van der Waals surface area contributed by atoms with Crippen molar-refractivity contribution in [2.24, 2.45) is 5.11 Å². The van der Waals surface area contributed by atoms with Crippen molar-refractivity contribution < 1.29 is 109 Å². The number of ether oxygens (including phenoxy) is 15. The molecule has 3 aliphatic heterocycles. The summed E-state index contributed by atoms with van der Waals surface area (Å²) >= 11 is 19.2. The first-order valence-electron chi connectivity index (χ1n) is 34.6. The predicted molar refractivity (Wildman–Crippen MR) is 391 cm³/mol. The minimum absolute atomic E-state index is 0.0255. The number of nitrogens with one attached hydrogen (secondary N) is 1. The second-order valence-corrected chi connectivity index (χ2v) is 27.1. The molecule has 0 bridgehead atoms. The quantitative estimate of drug-likeness (QED) is 0.00802. The number of esters is 7. The third-order valence-electron chi connectivity index (χ3n) is 17.3. The van der Waals surface area contributed by atoms with Gasteiger partial charge < -0.3 is 76.4 Å². The summed E-state index contributed by atoms with van der Waals surface area (Å²) < 4.78 is 96.1. The maximum absolute atomic E-state index is 15.4. The standard InChI is InChI=1S/C80H73Cl3N4O23/c1-49(88)101-62-58(46-96-44-50-26-10-2-11-27-50)102-76(61(86-79(95)80(81,82)83)65(62)98-45-51-28-12-3-13-29-51)110-67-63(105-72(91)54-34-18-6-19-35-54)59(47-99-70(89)52-30-14-4-15-31-52)104-78(69(67)108-75(94)57-40-24-9-25-41-57)109-64-60(48-100-71(90)53-32-16-5-17-33-53)103-77(97-43-42-85-87-84)68(107-74(93)56-38-22-8-23-39-56)66(64)106-73(92)55-36-20-7-21-37-55/h2-41,58-69,76-78H,42-48H2,1H3,(H,86,95)/t58-,59-,60-,61-,62-,63+,64-,65-,66+,67+,68-,69-,76+,77-,78+/m1/s1. The molecule has 110 heavy (non-hydrogen) atoms. The van der Waals surface area contributed by atoms with E-state index in [1.807, 2.05) is 0 Å². The molecule has 3 saturated heterocycles. The molecule has 27 nitrogen and oxygen atoms in total. The molecule has 0 aromatic heterocycles. The minimum atomic E-state index is -2.77. The Labute approximate surface area is 645 Å². The zero-order valence-electron chi connectivity index (χ0n) is 58.6. The second-order valence-electron chi connectivity index (χ2n) is 24.9. The van der Waals surface area contributed by atoms with E-state index in [0.717, 1.165) is 6.92 Å². The van der Waals surface area contributed by atoms with Crippen molar-refractivity contribution in [2.45, 2.75) is 116 Å². The van der Waals surface area contributed by atoms with Crippen LogP contribution in [0, 0.1) is 0 Å².